The van der Waals surface area contributed by atoms with Crippen molar-refractivity contribution in [3.63, 3.8) is 0 Å². The van der Waals surface area contributed by atoms with Gasteiger partial charge in [0.05, 0.1) is 52.3 Å². The fourth-order valence-corrected chi connectivity index (χ4v) is 4.12. The van der Waals surface area contributed by atoms with Crippen LogP contribution in [0.3, 0.4) is 0 Å². The van der Waals surface area contributed by atoms with Crippen molar-refractivity contribution in [3.8, 4) is 5.75 Å². The van der Waals surface area contributed by atoms with Gasteiger partial charge in [0.15, 0.2) is 24.4 Å². The highest BCUT2D eigenvalue weighted by Gasteiger charge is 2.53. The number of hydrogen-bond donors (Lipinski definition) is 4. The van der Waals surface area contributed by atoms with E-state index < -0.39 is 72.8 Å². The van der Waals surface area contributed by atoms with Gasteiger partial charge >= 0.3 is 24.0 Å². The van der Waals surface area contributed by atoms with E-state index >= 15 is 0 Å². The number of hydrogen-bond acceptors (Lipinski definition) is 16. The molecule has 18 nitrogen and oxygen atoms in total. The molecule has 1 saturated heterocycles. The predicted octanol–water partition coefficient (Wildman–Crippen LogP) is -0.101. The average molecular weight is 689 g/mol. The number of rotatable bonds is 17. The molecule has 2 rings (SSSR count). The zero-order valence-corrected chi connectivity index (χ0v) is 27.7. The number of carbonyl (C=O) groups excluding carboxylic acids is 5. The largest absolute Gasteiger partial charge is 0.467 e. The van der Waals surface area contributed by atoms with E-state index in [1.807, 2.05) is 0 Å². The van der Waals surface area contributed by atoms with Gasteiger partial charge in [-0.25, -0.2) is 9.59 Å². The molecule has 1 aromatic carbocycles. The van der Waals surface area contributed by atoms with E-state index in [2.05, 4.69) is 10.8 Å². The quantitative estimate of drug-likeness (QED) is 0.0724. The molecule has 0 aromatic heterocycles. The van der Waals surface area contributed by atoms with E-state index in [0.29, 0.717) is 5.56 Å². The van der Waals surface area contributed by atoms with Gasteiger partial charge in [-0.2, -0.15) is 5.48 Å². The van der Waals surface area contributed by atoms with Crippen LogP contribution < -0.4 is 15.5 Å². The highest BCUT2D eigenvalue weighted by molar-refractivity contribution is 5.97. The number of benzene rings is 1. The van der Waals surface area contributed by atoms with Gasteiger partial charge in [0.2, 0.25) is 6.29 Å². The van der Waals surface area contributed by atoms with Crippen molar-refractivity contribution in [2.75, 3.05) is 46.7 Å². The molecule has 5 atom stereocenters. The number of amides is 2. The number of nitrogens with one attached hydrogen (secondary N) is 2. The lowest BCUT2D eigenvalue weighted by molar-refractivity contribution is -0.278. The topological polar surface area (TPSA) is 233 Å². The van der Waals surface area contributed by atoms with E-state index in [4.69, 9.17) is 42.7 Å². The monoisotopic (exact) mass is 688 g/mol. The molecule has 1 aliphatic rings. The van der Waals surface area contributed by atoms with Gasteiger partial charge in [-0.05, 0) is 38.5 Å². The second-order valence-corrected chi connectivity index (χ2v) is 11.1. The van der Waals surface area contributed by atoms with Crippen molar-refractivity contribution < 1.29 is 76.9 Å². The van der Waals surface area contributed by atoms with Gasteiger partial charge in [-0.1, -0.05) is 6.07 Å². The molecule has 1 fully saturated rings. The Balaban J connectivity index is 1.95. The van der Waals surface area contributed by atoms with Crippen LogP contribution in [-0.4, -0.2) is 123 Å². The molecule has 0 unspecified atom stereocenters. The van der Waals surface area contributed by atoms with Crippen molar-refractivity contribution in [1.29, 1.82) is 0 Å². The molecule has 0 bridgehead atoms. The minimum atomic E-state index is -1.80. The summed E-state index contributed by atoms with van der Waals surface area (Å²) in [5.41, 5.74) is 1.77. The van der Waals surface area contributed by atoms with Gasteiger partial charge < -0.3 is 53.4 Å². The molecule has 0 saturated carbocycles. The van der Waals surface area contributed by atoms with Crippen LogP contribution >= 0.6 is 0 Å². The minimum absolute atomic E-state index is 0.0656. The number of carbonyl (C=O) groups is 5. The van der Waals surface area contributed by atoms with Crippen LogP contribution in [0.4, 0.5) is 4.79 Å². The molecule has 0 aliphatic carbocycles. The van der Waals surface area contributed by atoms with Crippen molar-refractivity contribution in [2.45, 2.75) is 77.5 Å². The standard InChI is InChI=1S/C30H44N2O16/c1-17(34)44-23-22(36)28(47-25(27(38)40-6)24(23)45-18(2)35)46-21-8-7-19(16-33)15-20(21)26(37)31-9-10-41-11-12-42-13-14-43-32-29(39)48-30(3,4)5/h7-8,15,22-25,28,33,36H,9-14,16H2,1-6H3,(H,31,37)(H,32,39)/t22-,23-,24+,25+,28-/m1/s1. The van der Waals surface area contributed by atoms with Gasteiger partial charge in [-0.3, -0.25) is 19.2 Å². The van der Waals surface area contributed by atoms with Crippen LogP contribution in [-0.2, 0) is 59.0 Å². The number of esters is 3. The molecule has 2 amide bonds. The summed E-state index contributed by atoms with van der Waals surface area (Å²) in [6.07, 6.45) is -9.08. The molecule has 270 valence electrons. The first-order valence-corrected chi connectivity index (χ1v) is 14.9. The summed E-state index contributed by atoms with van der Waals surface area (Å²) in [6, 6.07) is 4.13. The smallest absolute Gasteiger partial charge is 0.431 e. The maximum atomic E-state index is 13.1. The summed E-state index contributed by atoms with van der Waals surface area (Å²) in [4.78, 5) is 65.6. The lowest BCUT2D eigenvalue weighted by Gasteiger charge is -2.41. The average Bonchev–Trinajstić information content (AvgIpc) is 3.01. The number of methoxy groups -OCH3 is 1. The van der Waals surface area contributed by atoms with Crippen molar-refractivity contribution in [3.05, 3.63) is 29.3 Å². The molecule has 1 aromatic rings. The van der Waals surface area contributed by atoms with Crippen LogP contribution in [0, 0.1) is 0 Å². The third-order valence-corrected chi connectivity index (χ3v) is 6.06. The Kier molecular flexibility index (Phi) is 16.4. The second kappa shape index (κ2) is 19.7. The molecule has 0 spiro atoms. The van der Waals surface area contributed by atoms with Crippen molar-refractivity contribution in [1.82, 2.24) is 10.8 Å². The molecule has 4 N–H and O–H groups in total. The predicted molar refractivity (Wildman–Crippen MR) is 160 cm³/mol. The highest BCUT2D eigenvalue weighted by atomic mass is 16.7. The van der Waals surface area contributed by atoms with Crippen LogP contribution in [0.5, 0.6) is 5.75 Å². The maximum Gasteiger partial charge on any atom is 0.431 e. The lowest BCUT2D eigenvalue weighted by Crippen LogP contribution is -2.63. The van der Waals surface area contributed by atoms with Crippen LogP contribution in [0.25, 0.3) is 0 Å². The molecule has 0 radical (unpaired) electrons. The zero-order chi connectivity index (χ0) is 35.9. The van der Waals surface area contributed by atoms with Crippen LogP contribution in [0.15, 0.2) is 18.2 Å². The van der Waals surface area contributed by atoms with Crippen LogP contribution in [0.2, 0.25) is 0 Å². The lowest BCUT2D eigenvalue weighted by atomic mass is 9.98. The first-order chi connectivity index (χ1) is 22.7. The Morgan fingerprint density at radius 2 is 1.54 bits per heavy atom. The number of hydroxylamine groups is 1. The van der Waals surface area contributed by atoms with Crippen LogP contribution in [0.1, 0.15) is 50.5 Å². The summed E-state index contributed by atoms with van der Waals surface area (Å²) in [6.45, 7) is 7.69. The molecule has 1 aliphatic heterocycles. The minimum Gasteiger partial charge on any atom is -0.467 e. The first kappa shape index (κ1) is 40.1. The summed E-state index contributed by atoms with van der Waals surface area (Å²) in [5, 5.41) is 23.3. The molecule has 1 heterocycles. The van der Waals surface area contributed by atoms with E-state index in [9.17, 15) is 34.2 Å². The second-order valence-electron chi connectivity index (χ2n) is 11.1. The van der Waals surface area contributed by atoms with Gasteiger partial charge in [0.25, 0.3) is 5.91 Å². The van der Waals surface area contributed by atoms with E-state index in [1.54, 1.807) is 20.8 Å². The number of aliphatic hydroxyl groups is 2. The first-order valence-electron chi connectivity index (χ1n) is 14.9. The summed E-state index contributed by atoms with van der Waals surface area (Å²) >= 11 is 0. The third-order valence-electron chi connectivity index (χ3n) is 6.06. The SMILES string of the molecule is COC(=O)[C@H]1O[C@@H](Oc2ccc(CO)cc2C(=O)NCCOCCOCCONC(=O)OC(C)(C)C)[C@H](O)[C@@H](OC(C)=O)[C@@H]1OC(C)=O. The third kappa shape index (κ3) is 13.6. The van der Waals surface area contributed by atoms with Crippen molar-refractivity contribution in [2.24, 2.45) is 0 Å². The van der Waals surface area contributed by atoms with E-state index in [0.717, 1.165) is 21.0 Å². The van der Waals surface area contributed by atoms with Crippen molar-refractivity contribution >= 4 is 29.9 Å². The number of ether oxygens (including phenoxy) is 8. The summed E-state index contributed by atoms with van der Waals surface area (Å²) < 4.78 is 42.2. The molecule has 18 heteroatoms. The Morgan fingerprint density at radius 1 is 0.917 bits per heavy atom. The van der Waals surface area contributed by atoms with Gasteiger partial charge in [0, 0.05) is 20.4 Å². The van der Waals surface area contributed by atoms with E-state index in [-0.39, 0.29) is 50.9 Å². The summed E-state index contributed by atoms with van der Waals surface area (Å²) in [5.74, 6) is -3.48. The Hall–Kier alpha value is -4.07. The molecular formula is C30H44N2O16. The fourth-order valence-electron chi connectivity index (χ4n) is 4.12. The normalized spacial score (nSPS) is 20.6. The zero-order valence-electron chi connectivity index (χ0n) is 27.7. The van der Waals surface area contributed by atoms with E-state index in [1.165, 1.54) is 18.2 Å². The molecular weight excluding hydrogens is 644 g/mol. The summed E-state index contributed by atoms with van der Waals surface area (Å²) in [7, 11) is 1.05. The molecule has 48 heavy (non-hydrogen) atoms. The Bertz CT molecular complexity index is 1240. The Morgan fingerprint density at radius 3 is 2.15 bits per heavy atom. The fraction of sp³-hybridized carbons (Fsp3) is 0.633. The Labute approximate surface area is 277 Å². The number of aliphatic hydroxyl groups excluding tert-OH is 2. The van der Waals surface area contributed by atoms with Gasteiger partial charge in [-0.15, -0.1) is 0 Å². The van der Waals surface area contributed by atoms with Gasteiger partial charge in [0.1, 0.15) is 11.4 Å². The highest BCUT2D eigenvalue weighted by Crippen LogP contribution is 2.31. The maximum absolute atomic E-state index is 13.1.